The number of hydrogen-bond acceptors (Lipinski definition) is 11. The maximum absolute atomic E-state index is 13.8. The molecule has 0 amide bonds. The zero-order valence-electron chi connectivity index (χ0n) is 31.6. The van der Waals surface area contributed by atoms with Crippen LogP contribution in [0.15, 0.2) is 42.0 Å². The first-order chi connectivity index (χ1) is 25.8. The summed E-state index contributed by atoms with van der Waals surface area (Å²) in [4.78, 5) is 52.1. The van der Waals surface area contributed by atoms with Crippen LogP contribution in [0.4, 0.5) is 0 Å². The third-order valence-electron chi connectivity index (χ3n) is 16.4. The molecular formula is C42H54BrNO11. The molecule has 12 nitrogen and oxygen atoms in total. The molecular weight excluding hydrogens is 774 g/mol. The van der Waals surface area contributed by atoms with Gasteiger partial charge in [-0.15, -0.1) is 0 Å². The van der Waals surface area contributed by atoms with E-state index >= 15 is 0 Å². The maximum Gasteiger partial charge on any atom is 0.362 e. The van der Waals surface area contributed by atoms with Crippen LogP contribution >= 0.6 is 0 Å². The number of aldehydes is 1. The number of piperidine rings is 1. The van der Waals surface area contributed by atoms with Crippen molar-refractivity contribution in [2.45, 2.75) is 131 Å². The molecule has 4 aliphatic carbocycles. The lowest BCUT2D eigenvalue weighted by Crippen LogP contribution is -3.00. The molecule has 1 aromatic carbocycles. The van der Waals surface area contributed by atoms with Gasteiger partial charge in [0.25, 0.3) is 0 Å². The van der Waals surface area contributed by atoms with E-state index in [9.17, 15) is 34.5 Å². The fourth-order valence-electron chi connectivity index (χ4n) is 13.6. The molecule has 3 N–H and O–H groups in total. The lowest BCUT2D eigenvalue weighted by atomic mass is 9.41. The Morgan fingerprint density at radius 1 is 0.964 bits per heavy atom. The molecule has 4 saturated carbocycles. The molecule has 13 atom stereocenters. The number of fused-ring (bicyclic) bond motifs is 10. The highest BCUT2D eigenvalue weighted by atomic mass is 79.9. The van der Waals surface area contributed by atoms with Gasteiger partial charge in [-0.05, 0) is 80.3 Å². The van der Waals surface area contributed by atoms with Crippen LogP contribution in [-0.4, -0.2) is 119 Å². The molecule has 0 aromatic heterocycles. The molecule has 1 aromatic rings. The Balaban J connectivity index is 0.00000427. The van der Waals surface area contributed by atoms with Crippen molar-refractivity contribution < 1.29 is 74.9 Å². The number of epoxide rings is 1. The van der Waals surface area contributed by atoms with Crippen molar-refractivity contribution in [3.05, 3.63) is 47.5 Å². The number of cyclic esters (lactones) is 1. The van der Waals surface area contributed by atoms with Crippen molar-refractivity contribution >= 4 is 24.2 Å². The highest BCUT2D eigenvalue weighted by Crippen LogP contribution is 2.70. The summed E-state index contributed by atoms with van der Waals surface area (Å²) < 4.78 is 23.8. The van der Waals surface area contributed by atoms with Crippen LogP contribution in [-0.2, 0) is 38.1 Å². The third kappa shape index (κ3) is 5.75. The number of ether oxygens (including phenoxy) is 4. The molecule has 11 unspecified atom stereocenters. The summed E-state index contributed by atoms with van der Waals surface area (Å²) in [6.07, 6.45) is 7.40. The lowest BCUT2D eigenvalue weighted by molar-refractivity contribution is -0.949. The zero-order chi connectivity index (χ0) is 37.8. The average Bonchev–Trinajstić information content (AvgIpc) is 3.69. The number of quaternary nitrogens is 1. The van der Waals surface area contributed by atoms with Crippen molar-refractivity contribution in [3.63, 3.8) is 0 Å². The Labute approximate surface area is 332 Å². The van der Waals surface area contributed by atoms with Gasteiger partial charge in [-0.2, -0.15) is 0 Å². The van der Waals surface area contributed by atoms with E-state index in [0.29, 0.717) is 67.8 Å². The second-order valence-electron chi connectivity index (χ2n) is 18.5. The molecule has 0 radical (unpaired) electrons. The van der Waals surface area contributed by atoms with E-state index in [1.165, 1.54) is 0 Å². The van der Waals surface area contributed by atoms with E-state index in [1.54, 1.807) is 18.2 Å². The molecule has 3 saturated heterocycles. The van der Waals surface area contributed by atoms with Crippen LogP contribution in [0.5, 0.6) is 0 Å². The Hall–Kier alpha value is -2.68. The fraction of sp³-hybridized carbons (Fsp3) is 0.714. The Morgan fingerprint density at radius 3 is 2.33 bits per heavy atom. The molecule has 300 valence electrons. The molecule has 4 aliphatic heterocycles. The summed E-state index contributed by atoms with van der Waals surface area (Å²) in [6, 6.07) is 9.03. The number of carbonyl (C=O) groups excluding carboxylic acids is 4. The maximum atomic E-state index is 13.8. The van der Waals surface area contributed by atoms with Crippen LogP contribution in [0.1, 0.15) is 89.0 Å². The second kappa shape index (κ2) is 13.7. The van der Waals surface area contributed by atoms with Crippen molar-refractivity contribution in [3.8, 4) is 0 Å². The highest BCUT2D eigenvalue weighted by Gasteiger charge is 2.74. The SMILES string of the molecule is CC12CC[C@H]3[C@@H](CCC4(O)CC(OC(=O)C[N+]5(C)C6CC(OC(=O)C(CO)c7ccccc7)CC5C5OC56)CCC34C=O)C1(O)CCC2C1=CC(=O)OC1.[Br-]. The van der Waals surface area contributed by atoms with Crippen molar-refractivity contribution in [1.29, 1.82) is 0 Å². The lowest BCUT2D eigenvalue weighted by Gasteiger charge is -2.65. The van der Waals surface area contributed by atoms with Crippen LogP contribution in [0, 0.1) is 28.6 Å². The molecule has 7 fully saturated rings. The van der Waals surface area contributed by atoms with E-state index in [1.807, 2.05) is 18.2 Å². The molecule has 8 aliphatic rings. The summed E-state index contributed by atoms with van der Waals surface area (Å²) in [5, 5.41) is 34.9. The number of morpholine rings is 1. The Kier molecular flexibility index (Phi) is 9.77. The minimum Gasteiger partial charge on any atom is -1.00 e. The summed E-state index contributed by atoms with van der Waals surface area (Å²) in [6.45, 7) is 2.19. The average molecular weight is 829 g/mol. The Morgan fingerprint density at radius 2 is 1.67 bits per heavy atom. The van der Waals surface area contributed by atoms with Crippen LogP contribution in [0.3, 0.4) is 0 Å². The van der Waals surface area contributed by atoms with Gasteiger partial charge in [0.05, 0.1) is 30.3 Å². The number of aliphatic hydroxyl groups is 3. The first-order valence-electron chi connectivity index (χ1n) is 20.1. The van der Waals surface area contributed by atoms with E-state index < -0.39 is 40.0 Å². The third-order valence-corrected chi connectivity index (χ3v) is 16.4. The van der Waals surface area contributed by atoms with Gasteiger partial charge >= 0.3 is 17.9 Å². The number of esters is 3. The van der Waals surface area contributed by atoms with E-state index in [-0.39, 0.29) is 103 Å². The smallest absolute Gasteiger partial charge is 0.362 e. The van der Waals surface area contributed by atoms with Gasteiger partial charge in [-0.25, -0.2) is 9.59 Å². The highest BCUT2D eigenvalue weighted by molar-refractivity contribution is 5.85. The van der Waals surface area contributed by atoms with Crippen molar-refractivity contribution in [2.75, 3.05) is 26.8 Å². The van der Waals surface area contributed by atoms with Gasteiger partial charge in [-0.1, -0.05) is 37.3 Å². The first kappa shape index (κ1) is 39.2. The molecule has 55 heavy (non-hydrogen) atoms. The number of carbonyl (C=O) groups is 4. The standard InChI is InChI=1S/C42H54NO11.BrH/c1-39-12-9-30-31(42(39,50)15-11-29(39)25-16-34(46)51-22-25)10-14-41(49)19-26(8-13-40(30,41)23-45)52-35(47)20-43(2)32-17-27(18-33(43)37-36(32)54-37)53-38(48)28(21-44)24-6-4-3-5-7-24;/h3-7,16,23,26-33,36-37,44,49-50H,8-15,17-22H2,1-2H3;1H/q+1;/p-1/t26?,27?,28?,29?,30-,31+,32?,33?,36?,37?,39?,40?,41?,42?,43?;/m0./s1. The van der Waals surface area contributed by atoms with Crippen LogP contribution in [0.2, 0.25) is 0 Å². The van der Waals surface area contributed by atoms with E-state index in [0.717, 1.165) is 18.3 Å². The minimum atomic E-state index is -1.35. The number of aliphatic hydroxyl groups excluding tert-OH is 1. The molecule has 4 heterocycles. The summed E-state index contributed by atoms with van der Waals surface area (Å²) in [5.74, 6) is -2.20. The van der Waals surface area contributed by atoms with Crippen molar-refractivity contribution in [2.24, 2.45) is 28.6 Å². The fourth-order valence-corrected chi connectivity index (χ4v) is 13.6. The summed E-state index contributed by atoms with van der Waals surface area (Å²) in [7, 11) is 2.06. The number of halogens is 1. The number of rotatable bonds is 9. The normalized spacial score (nSPS) is 46.7. The van der Waals surface area contributed by atoms with Gasteiger partial charge in [0, 0.05) is 30.8 Å². The van der Waals surface area contributed by atoms with Gasteiger partial charge in [0.2, 0.25) is 0 Å². The number of benzene rings is 1. The van der Waals surface area contributed by atoms with E-state index in [2.05, 4.69) is 14.0 Å². The largest absolute Gasteiger partial charge is 1.00 e. The number of hydrogen-bond donors (Lipinski definition) is 3. The second-order valence-corrected chi connectivity index (χ2v) is 18.5. The van der Waals surface area contributed by atoms with Crippen LogP contribution in [0.25, 0.3) is 0 Å². The topological polar surface area (TPSA) is 169 Å². The monoisotopic (exact) mass is 827 g/mol. The predicted molar refractivity (Wildman–Crippen MR) is 190 cm³/mol. The van der Waals surface area contributed by atoms with Crippen molar-refractivity contribution in [1.82, 2.24) is 0 Å². The quantitative estimate of drug-likeness (QED) is 0.100. The number of likely N-dealkylation sites (N-methyl/N-ethyl adjacent to an activating group) is 1. The predicted octanol–water partition coefficient (Wildman–Crippen LogP) is -0.100. The molecule has 13 heteroatoms. The molecule has 2 bridgehead atoms. The van der Waals surface area contributed by atoms with Gasteiger partial charge in [0.15, 0.2) is 6.54 Å². The van der Waals surface area contributed by atoms with E-state index in [4.69, 9.17) is 18.9 Å². The zero-order valence-corrected chi connectivity index (χ0v) is 33.2. The molecule has 0 spiro atoms. The minimum absolute atomic E-state index is 0. The van der Waals surface area contributed by atoms with Gasteiger partial charge < -0.3 is 60.5 Å². The number of nitrogens with zero attached hydrogens (tertiary/aromatic N) is 1. The Bertz CT molecular complexity index is 1740. The van der Waals surface area contributed by atoms with Crippen LogP contribution < -0.4 is 17.0 Å². The first-order valence-corrected chi connectivity index (χ1v) is 20.1. The van der Waals surface area contributed by atoms with Gasteiger partial charge in [-0.3, -0.25) is 4.79 Å². The van der Waals surface area contributed by atoms with Gasteiger partial charge in [0.1, 0.15) is 55.3 Å². The summed E-state index contributed by atoms with van der Waals surface area (Å²) in [5.41, 5.74) is -2.21. The summed E-state index contributed by atoms with van der Waals surface area (Å²) >= 11 is 0. The molecule has 9 rings (SSSR count).